The molecule has 0 fully saturated rings. The van der Waals surface area contributed by atoms with Crippen molar-refractivity contribution in [3.05, 3.63) is 29.3 Å². The number of benzene rings is 1. The Kier molecular flexibility index (Phi) is 6.52. The summed E-state index contributed by atoms with van der Waals surface area (Å²) in [5, 5.41) is 3.74. The lowest BCUT2D eigenvalue weighted by atomic mass is 9.88. The SMILES string of the molecule is CCN(CC)CCCNC1CCc2ccc(OC)cc2C1. The lowest BCUT2D eigenvalue weighted by Crippen LogP contribution is -2.36. The van der Waals surface area contributed by atoms with Crippen LogP contribution in [0, 0.1) is 0 Å². The number of aryl methyl sites for hydroxylation is 1. The smallest absolute Gasteiger partial charge is 0.119 e. The van der Waals surface area contributed by atoms with Crippen molar-refractivity contribution >= 4 is 0 Å². The Morgan fingerprint density at radius 2 is 2.05 bits per heavy atom. The van der Waals surface area contributed by atoms with Crippen LogP contribution in [0.15, 0.2) is 18.2 Å². The highest BCUT2D eigenvalue weighted by Crippen LogP contribution is 2.25. The van der Waals surface area contributed by atoms with E-state index in [0.29, 0.717) is 6.04 Å². The third-order valence-electron chi connectivity index (χ3n) is 4.62. The van der Waals surface area contributed by atoms with Gasteiger partial charge in [-0.2, -0.15) is 0 Å². The van der Waals surface area contributed by atoms with E-state index in [2.05, 4.69) is 42.3 Å². The van der Waals surface area contributed by atoms with Crippen LogP contribution < -0.4 is 10.1 Å². The molecule has 1 N–H and O–H groups in total. The molecule has 1 unspecified atom stereocenters. The highest BCUT2D eigenvalue weighted by Gasteiger charge is 2.18. The standard InChI is InChI=1S/C18H30N2O/c1-4-20(5-2)12-6-11-19-17-9-7-15-8-10-18(21-3)14-16(15)13-17/h8,10,14,17,19H,4-7,9,11-13H2,1-3H3. The fourth-order valence-electron chi connectivity index (χ4n) is 3.18. The van der Waals surface area contributed by atoms with Crippen molar-refractivity contribution in [1.29, 1.82) is 0 Å². The van der Waals surface area contributed by atoms with E-state index in [1.165, 1.54) is 36.9 Å². The fraction of sp³-hybridized carbons (Fsp3) is 0.667. The van der Waals surface area contributed by atoms with Gasteiger partial charge in [0.25, 0.3) is 0 Å². The van der Waals surface area contributed by atoms with E-state index in [9.17, 15) is 0 Å². The second-order valence-electron chi connectivity index (χ2n) is 5.91. The van der Waals surface area contributed by atoms with Crippen molar-refractivity contribution in [2.75, 3.05) is 33.3 Å². The third-order valence-corrected chi connectivity index (χ3v) is 4.62. The molecule has 1 aliphatic carbocycles. The van der Waals surface area contributed by atoms with Crippen molar-refractivity contribution in [2.45, 2.75) is 45.6 Å². The van der Waals surface area contributed by atoms with Crippen molar-refractivity contribution < 1.29 is 4.74 Å². The third kappa shape index (κ3) is 4.72. The van der Waals surface area contributed by atoms with Crippen LogP contribution in [0.4, 0.5) is 0 Å². The van der Waals surface area contributed by atoms with Gasteiger partial charge in [-0.3, -0.25) is 0 Å². The van der Waals surface area contributed by atoms with Crippen LogP contribution in [0.2, 0.25) is 0 Å². The maximum Gasteiger partial charge on any atom is 0.119 e. The van der Waals surface area contributed by atoms with E-state index >= 15 is 0 Å². The summed E-state index contributed by atoms with van der Waals surface area (Å²) in [5.74, 6) is 0.982. The summed E-state index contributed by atoms with van der Waals surface area (Å²) in [5.41, 5.74) is 2.96. The maximum absolute atomic E-state index is 5.34. The first-order chi connectivity index (χ1) is 10.3. The van der Waals surface area contributed by atoms with Gasteiger partial charge in [-0.15, -0.1) is 0 Å². The molecule has 0 heterocycles. The van der Waals surface area contributed by atoms with Gasteiger partial charge in [-0.05, 0) is 75.1 Å². The van der Waals surface area contributed by atoms with Crippen LogP contribution in [0.3, 0.4) is 0 Å². The average Bonchev–Trinajstić information content (AvgIpc) is 2.54. The quantitative estimate of drug-likeness (QED) is 0.745. The van der Waals surface area contributed by atoms with Crippen molar-refractivity contribution in [2.24, 2.45) is 0 Å². The molecule has 0 saturated carbocycles. The number of rotatable bonds is 8. The first-order valence-corrected chi connectivity index (χ1v) is 8.38. The Morgan fingerprint density at radius 3 is 2.76 bits per heavy atom. The summed E-state index contributed by atoms with van der Waals surface area (Å²) in [4.78, 5) is 2.49. The molecular formula is C18H30N2O. The zero-order valence-corrected chi connectivity index (χ0v) is 13.8. The van der Waals surface area contributed by atoms with Crippen molar-refractivity contribution in [3.8, 4) is 5.75 Å². The zero-order chi connectivity index (χ0) is 15.1. The van der Waals surface area contributed by atoms with Crippen LogP contribution in [0.5, 0.6) is 5.75 Å². The first kappa shape index (κ1) is 16.3. The number of ether oxygens (including phenoxy) is 1. The summed E-state index contributed by atoms with van der Waals surface area (Å²) in [6.45, 7) is 9.13. The molecule has 1 aromatic carbocycles. The summed E-state index contributed by atoms with van der Waals surface area (Å²) >= 11 is 0. The summed E-state index contributed by atoms with van der Waals surface area (Å²) in [7, 11) is 1.74. The van der Waals surface area contributed by atoms with Gasteiger partial charge in [0, 0.05) is 6.04 Å². The second kappa shape index (κ2) is 8.40. The van der Waals surface area contributed by atoms with E-state index in [1.54, 1.807) is 7.11 Å². The Balaban J connectivity index is 1.76. The minimum Gasteiger partial charge on any atom is -0.497 e. The van der Waals surface area contributed by atoms with Gasteiger partial charge >= 0.3 is 0 Å². The van der Waals surface area contributed by atoms with Crippen LogP contribution in [0.1, 0.15) is 37.8 Å². The molecule has 0 bridgehead atoms. The number of nitrogens with one attached hydrogen (secondary N) is 1. The minimum atomic E-state index is 0.626. The van der Waals surface area contributed by atoms with Crippen LogP contribution in [-0.4, -0.2) is 44.2 Å². The zero-order valence-electron chi connectivity index (χ0n) is 13.8. The first-order valence-electron chi connectivity index (χ1n) is 8.38. The normalized spacial score (nSPS) is 17.8. The molecule has 0 aromatic heterocycles. The van der Waals surface area contributed by atoms with E-state index < -0.39 is 0 Å². The molecule has 118 valence electrons. The van der Waals surface area contributed by atoms with E-state index in [-0.39, 0.29) is 0 Å². The molecule has 2 rings (SSSR count). The maximum atomic E-state index is 5.34. The lowest BCUT2D eigenvalue weighted by Gasteiger charge is -2.26. The van der Waals surface area contributed by atoms with Crippen LogP contribution in [0.25, 0.3) is 0 Å². The Hall–Kier alpha value is -1.06. The Bertz CT molecular complexity index is 429. The predicted molar refractivity (Wildman–Crippen MR) is 89.2 cm³/mol. The Labute approximate surface area is 129 Å². The lowest BCUT2D eigenvalue weighted by molar-refractivity contribution is 0.294. The van der Waals surface area contributed by atoms with Gasteiger partial charge in [-0.25, -0.2) is 0 Å². The molecule has 1 aromatic rings. The molecule has 3 heteroatoms. The minimum absolute atomic E-state index is 0.626. The molecule has 1 aliphatic rings. The van der Waals surface area contributed by atoms with Gasteiger partial charge in [0.2, 0.25) is 0 Å². The molecule has 0 amide bonds. The molecule has 1 atom stereocenters. The topological polar surface area (TPSA) is 24.5 Å². The molecule has 0 saturated heterocycles. The summed E-state index contributed by atoms with van der Waals surface area (Å²) in [6.07, 6.45) is 4.82. The van der Waals surface area contributed by atoms with Gasteiger partial charge in [0.15, 0.2) is 0 Å². The average molecular weight is 290 g/mol. The van der Waals surface area contributed by atoms with Gasteiger partial charge in [-0.1, -0.05) is 19.9 Å². The van der Waals surface area contributed by atoms with Crippen LogP contribution >= 0.6 is 0 Å². The number of fused-ring (bicyclic) bond motifs is 1. The van der Waals surface area contributed by atoms with Gasteiger partial charge < -0.3 is 15.0 Å². The number of hydrogen-bond acceptors (Lipinski definition) is 3. The fourth-order valence-corrected chi connectivity index (χ4v) is 3.18. The van der Waals surface area contributed by atoms with Crippen molar-refractivity contribution in [3.63, 3.8) is 0 Å². The van der Waals surface area contributed by atoms with E-state index in [4.69, 9.17) is 4.74 Å². The van der Waals surface area contributed by atoms with Crippen LogP contribution in [-0.2, 0) is 12.8 Å². The second-order valence-corrected chi connectivity index (χ2v) is 5.91. The number of nitrogens with zero attached hydrogens (tertiary/aromatic N) is 1. The summed E-state index contributed by atoms with van der Waals surface area (Å²) < 4.78 is 5.34. The van der Waals surface area contributed by atoms with E-state index in [0.717, 1.165) is 31.8 Å². The predicted octanol–water partition coefficient (Wildman–Crippen LogP) is 2.87. The number of methoxy groups -OCH3 is 1. The molecule has 3 nitrogen and oxygen atoms in total. The largest absolute Gasteiger partial charge is 0.497 e. The highest BCUT2D eigenvalue weighted by molar-refractivity contribution is 5.37. The van der Waals surface area contributed by atoms with Gasteiger partial charge in [0.05, 0.1) is 7.11 Å². The molecule has 0 spiro atoms. The highest BCUT2D eigenvalue weighted by atomic mass is 16.5. The summed E-state index contributed by atoms with van der Waals surface area (Å²) in [6, 6.07) is 7.14. The van der Waals surface area contributed by atoms with Crippen molar-refractivity contribution in [1.82, 2.24) is 10.2 Å². The Morgan fingerprint density at radius 1 is 1.24 bits per heavy atom. The number of hydrogen-bond donors (Lipinski definition) is 1. The molecule has 0 aliphatic heterocycles. The molecular weight excluding hydrogens is 260 g/mol. The van der Waals surface area contributed by atoms with E-state index in [1.807, 2.05) is 0 Å². The monoisotopic (exact) mass is 290 g/mol. The van der Waals surface area contributed by atoms with Gasteiger partial charge in [0.1, 0.15) is 5.75 Å². The molecule has 0 radical (unpaired) electrons. The molecule has 21 heavy (non-hydrogen) atoms.